The Morgan fingerprint density at radius 2 is 2.11 bits per heavy atom. The van der Waals surface area contributed by atoms with Gasteiger partial charge < -0.3 is 15.0 Å². The fourth-order valence-corrected chi connectivity index (χ4v) is 2.55. The Morgan fingerprint density at radius 1 is 1.37 bits per heavy atom. The lowest BCUT2D eigenvalue weighted by Crippen LogP contribution is -2.35. The first-order chi connectivity index (χ1) is 9.22. The molecule has 5 nitrogen and oxygen atoms in total. The number of nitrogens with one attached hydrogen (secondary N) is 1. The molecule has 1 aromatic heterocycles. The van der Waals surface area contributed by atoms with Crippen molar-refractivity contribution in [3.63, 3.8) is 0 Å². The molecule has 1 aliphatic rings. The van der Waals surface area contributed by atoms with E-state index < -0.39 is 0 Å². The highest BCUT2D eigenvalue weighted by Gasteiger charge is 2.20. The van der Waals surface area contributed by atoms with Crippen LogP contribution in [0.1, 0.15) is 25.6 Å². The third kappa shape index (κ3) is 3.80. The molecule has 19 heavy (non-hydrogen) atoms. The minimum Gasteiger partial charge on any atom is -0.384 e. The molecule has 1 saturated heterocycles. The number of aryl methyl sites for hydroxylation is 1. The molecule has 1 fully saturated rings. The topological polar surface area (TPSA) is 50.3 Å². The molecule has 1 aromatic rings. The normalized spacial score (nSPS) is 16.7. The lowest BCUT2D eigenvalue weighted by Gasteiger charge is -2.32. The summed E-state index contributed by atoms with van der Waals surface area (Å²) in [4.78, 5) is 11.3. The Bertz CT molecular complexity index is 402. The smallest absolute Gasteiger partial charge is 0.134 e. The van der Waals surface area contributed by atoms with Crippen LogP contribution in [-0.2, 0) is 4.74 Å². The highest BCUT2D eigenvalue weighted by Crippen LogP contribution is 2.23. The Morgan fingerprint density at radius 3 is 2.74 bits per heavy atom. The van der Waals surface area contributed by atoms with Crippen LogP contribution in [0.5, 0.6) is 0 Å². The van der Waals surface area contributed by atoms with Gasteiger partial charge in [-0.1, -0.05) is 0 Å². The number of ether oxygens (including phenoxy) is 1. The number of piperidine rings is 1. The molecule has 0 atom stereocenters. The zero-order valence-corrected chi connectivity index (χ0v) is 12.1. The van der Waals surface area contributed by atoms with Crippen LogP contribution < -0.4 is 10.2 Å². The summed E-state index contributed by atoms with van der Waals surface area (Å²) in [7, 11) is 1.78. The first-order valence-electron chi connectivity index (χ1n) is 7.06. The van der Waals surface area contributed by atoms with Crippen LogP contribution in [0.2, 0.25) is 0 Å². The second-order valence-corrected chi connectivity index (χ2v) is 5.07. The standard InChI is InChI=1S/C14H24N4O/c1-4-15-13-9-14(17-11(2)16-13)18-7-5-12(6-8-18)10-19-3/h9,12H,4-8,10H2,1-3H3,(H,15,16,17). The summed E-state index contributed by atoms with van der Waals surface area (Å²) in [5.41, 5.74) is 0. The summed E-state index contributed by atoms with van der Waals surface area (Å²) < 4.78 is 5.24. The van der Waals surface area contributed by atoms with Crippen LogP contribution in [0, 0.1) is 12.8 Å². The van der Waals surface area contributed by atoms with Gasteiger partial charge in [-0.15, -0.1) is 0 Å². The van der Waals surface area contributed by atoms with Gasteiger partial charge in [-0.2, -0.15) is 0 Å². The van der Waals surface area contributed by atoms with E-state index in [1.165, 1.54) is 12.8 Å². The van der Waals surface area contributed by atoms with E-state index in [0.717, 1.165) is 43.7 Å². The van der Waals surface area contributed by atoms with Crippen molar-refractivity contribution < 1.29 is 4.74 Å². The predicted octanol–water partition coefficient (Wildman–Crippen LogP) is 2.08. The second-order valence-electron chi connectivity index (χ2n) is 5.07. The summed E-state index contributed by atoms with van der Waals surface area (Å²) in [5.74, 6) is 3.48. The van der Waals surface area contributed by atoms with Crippen molar-refractivity contribution in [2.45, 2.75) is 26.7 Å². The molecular formula is C14H24N4O. The minimum absolute atomic E-state index is 0.692. The van der Waals surface area contributed by atoms with Crippen molar-refractivity contribution in [1.29, 1.82) is 0 Å². The van der Waals surface area contributed by atoms with Crippen molar-refractivity contribution >= 4 is 11.6 Å². The number of nitrogens with zero attached hydrogens (tertiary/aromatic N) is 3. The van der Waals surface area contributed by atoms with E-state index >= 15 is 0 Å². The van der Waals surface area contributed by atoms with E-state index in [-0.39, 0.29) is 0 Å². The molecular weight excluding hydrogens is 240 g/mol. The zero-order valence-electron chi connectivity index (χ0n) is 12.1. The van der Waals surface area contributed by atoms with Gasteiger partial charge in [0, 0.05) is 39.4 Å². The van der Waals surface area contributed by atoms with Crippen LogP contribution in [0.15, 0.2) is 6.07 Å². The zero-order chi connectivity index (χ0) is 13.7. The van der Waals surface area contributed by atoms with Crippen LogP contribution in [-0.4, -0.2) is 43.3 Å². The highest BCUT2D eigenvalue weighted by atomic mass is 16.5. The molecule has 1 N–H and O–H groups in total. The van der Waals surface area contributed by atoms with Gasteiger partial charge in [0.25, 0.3) is 0 Å². The van der Waals surface area contributed by atoms with E-state index in [1.807, 2.05) is 13.0 Å². The molecule has 0 bridgehead atoms. The Labute approximate surface area is 115 Å². The van der Waals surface area contributed by atoms with Crippen LogP contribution in [0.25, 0.3) is 0 Å². The molecule has 0 unspecified atom stereocenters. The van der Waals surface area contributed by atoms with E-state index in [9.17, 15) is 0 Å². The third-order valence-corrected chi connectivity index (χ3v) is 3.52. The maximum absolute atomic E-state index is 5.24. The maximum Gasteiger partial charge on any atom is 0.134 e. The predicted molar refractivity (Wildman–Crippen MR) is 77.7 cm³/mol. The number of aromatic nitrogens is 2. The molecule has 0 saturated carbocycles. The van der Waals surface area contributed by atoms with Crippen molar-refractivity contribution in [1.82, 2.24) is 9.97 Å². The first kappa shape index (κ1) is 14.1. The molecule has 0 aromatic carbocycles. The van der Waals surface area contributed by atoms with Crippen molar-refractivity contribution in [2.75, 3.05) is 43.6 Å². The SMILES string of the molecule is CCNc1cc(N2CCC(COC)CC2)nc(C)n1. The molecule has 0 radical (unpaired) electrons. The second kappa shape index (κ2) is 6.70. The summed E-state index contributed by atoms with van der Waals surface area (Å²) in [6.45, 7) is 7.88. The number of hydrogen-bond donors (Lipinski definition) is 1. The number of hydrogen-bond acceptors (Lipinski definition) is 5. The average Bonchev–Trinajstić information content (AvgIpc) is 2.40. The van der Waals surface area contributed by atoms with Crippen molar-refractivity contribution in [3.05, 3.63) is 11.9 Å². The molecule has 0 spiro atoms. The molecule has 5 heteroatoms. The van der Waals surface area contributed by atoms with E-state index in [0.29, 0.717) is 5.92 Å². The summed E-state index contributed by atoms with van der Waals surface area (Å²) in [6, 6.07) is 2.05. The number of anilines is 2. The first-order valence-corrected chi connectivity index (χ1v) is 7.06. The highest BCUT2D eigenvalue weighted by molar-refractivity contribution is 5.49. The Kier molecular flexibility index (Phi) is 4.96. The molecule has 2 heterocycles. The minimum atomic E-state index is 0.692. The lowest BCUT2D eigenvalue weighted by molar-refractivity contribution is 0.139. The molecule has 0 aliphatic carbocycles. The molecule has 2 rings (SSSR count). The molecule has 106 valence electrons. The third-order valence-electron chi connectivity index (χ3n) is 3.52. The van der Waals surface area contributed by atoms with Gasteiger partial charge in [0.15, 0.2) is 0 Å². The van der Waals surface area contributed by atoms with E-state index in [1.54, 1.807) is 7.11 Å². The largest absolute Gasteiger partial charge is 0.384 e. The summed E-state index contributed by atoms with van der Waals surface area (Å²) >= 11 is 0. The van der Waals surface area contributed by atoms with Gasteiger partial charge in [0.05, 0.1) is 0 Å². The summed E-state index contributed by atoms with van der Waals surface area (Å²) in [5, 5.41) is 3.26. The number of methoxy groups -OCH3 is 1. The number of rotatable bonds is 5. The van der Waals surface area contributed by atoms with Crippen molar-refractivity contribution in [2.24, 2.45) is 5.92 Å². The van der Waals surface area contributed by atoms with Gasteiger partial charge in [-0.3, -0.25) is 0 Å². The maximum atomic E-state index is 5.24. The van der Waals surface area contributed by atoms with Gasteiger partial charge in [-0.05, 0) is 32.6 Å². The quantitative estimate of drug-likeness (QED) is 0.882. The molecule has 1 aliphatic heterocycles. The van der Waals surface area contributed by atoms with Gasteiger partial charge in [0.1, 0.15) is 17.5 Å². The lowest BCUT2D eigenvalue weighted by atomic mass is 9.98. The average molecular weight is 264 g/mol. The monoisotopic (exact) mass is 264 g/mol. The van der Waals surface area contributed by atoms with Crippen LogP contribution >= 0.6 is 0 Å². The fourth-order valence-electron chi connectivity index (χ4n) is 2.55. The van der Waals surface area contributed by atoms with Crippen LogP contribution in [0.4, 0.5) is 11.6 Å². The van der Waals surface area contributed by atoms with E-state index in [2.05, 4.69) is 27.1 Å². The van der Waals surface area contributed by atoms with Gasteiger partial charge in [-0.25, -0.2) is 9.97 Å². The van der Waals surface area contributed by atoms with Crippen LogP contribution in [0.3, 0.4) is 0 Å². The fraction of sp³-hybridized carbons (Fsp3) is 0.714. The van der Waals surface area contributed by atoms with Gasteiger partial charge in [0.2, 0.25) is 0 Å². The Balaban J connectivity index is 2.02. The molecule has 0 amide bonds. The summed E-state index contributed by atoms with van der Waals surface area (Å²) in [6.07, 6.45) is 2.35. The van der Waals surface area contributed by atoms with E-state index in [4.69, 9.17) is 4.74 Å². The van der Waals surface area contributed by atoms with Gasteiger partial charge >= 0.3 is 0 Å². The Hall–Kier alpha value is -1.36. The van der Waals surface area contributed by atoms with Crippen molar-refractivity contribution in [3.8, 4) is 0 Å².